The molecule has 0 spiro atoms. The van der Waals surface area contributed by atoms with E-state index in [9.17, 15) is 0 Å². The number of hydrogen-bond acceptors (Lipinski definition) is 0. The molecule has 0 aliphatic heterocycles. The van der Waals surface area contributed by atoms with Gasteiger partial charge in [0.15, 0.2) is 0 Å². The second-order valence-electron chi connectivity index (χ2n) is 30.6. The molecule has 18 aromatic rings. The quantitative estimate of drug-likeness (QED) is 0.179. The normalized spacial score (nSPS) is 10.8. The Morgan fingerprint density at radius 2 is 0.667 bits per heavy atom. The number of benzene rings is 9. The number of H-pyrrole nitrogens is 1. The first-order valence-corrected chi connectivity index (χ1v) is 39.6. The maximum atomic E-state index is 6.06. The van der Waals surface area contributed by atoms with Crippen molar-refractivity contribution >= 4 is 110 Å². The summed E-state index contributed by atoms with van der Waals surface area (Å²) < 4.78 is 17.5. The minimum absolute atomic E-state index is 0.839. The number of aromatic amines is 1. The number of unbranched alkanes of at least 4 members (excludes halogenated alkanes) is 2. The van der Waals surface area contributed by atoms with Crippen molar-refractivity contribution in [2.45, 2.75) is 144 Å². The Bertz CT molecular complexity index is 5790. The van der Waals surface area contributed by atoms with Gasteiger partial charge in [-0.1, -0.05) is 171 Å². The molecule has 0 unspecified atom stereocenters. The van der Waals surface area contributed by atoms with Gasteiger partial charge in [-0.25, -0.2) is 0 Å². The average molecular weight is 1500 g/mol. The van der Waals surface area contributed by atoms with Gasteiger partial charge in [0.25, 0.3) is 0 Å². The van der Waals surface area contributed by atoms with Crippen LogP contribution in [0.5, 0.6) is 0 Å². The monoisotopic (exact) mass is 1500 g/mol. The van der Waals surface area contributed by atoms with Gasteiger partial charge in [-0.05, 0) is 244 Å². The first kappa shape index (κ1) is 84.2. The summed E-state index contributed by atoms with van der Waals surface area (Å²) in [6.45, 7) is 38.8. The van der Waals surface area contributed by atoms with E-state index in [1.165, 1.54) is 207 Å². The van der Waals surface area contributed by atoms with E-state index in [4.69, 9.17) is 11.6 Å². The van der Waals surface area contributed by atoms with Crippen molar-refractivity contribution in [1.82, 2.24) is 41.5 Å². The van der Waals surface area contributed by atoms with Crippen LogP contribution in [0.2, 0.25) is 5.02 Å². The molecule has 10 heteroatoms. The van der Waals surface area contributed by atoms with Crippen molar-refractivity contribution in [3.8, 4) is 0 Å². The number of aryl methyl sites for hydroxylation is 22. The van der Waals surface area contributed by atoms with Gasteiger partial charge in [0.1, 0.15) is 0 Å². The van der Waals surface area contributed by atoms with E-state index in [0.29, 0.717) is 0 Å². The zero-order valence-corrected chi connectivity index (χ0v) is 72.2. The lowest BCUT2D eigenvalue weighted by atomic mass is 10.1. The molecule has 18 rings (SSSR count). The van der Waals surface area contributed by atoms with Crippen molar-refractivity contribution in [3.05, 3.63) is 320 Å². The van der Waals surface area contributed by atoms with Crippen LogP contribution < -0.4 is 0 Å². The molecule has 0 radical (unpaired) electrons. The van der Waals surface area contributed by atoms with E-state index in [-0.39, 0.29) is 0 Å². The van der Waals surface area contributed by atoms with E-state index in [1.54, 1.807) is 0 Å². The van der Waals surface area contributed by atoms with Crippen LogP contribution in [0.25, 0.3) is 98.1 Å². The van der Waals surface area contributed by atoms with Gasteiger partial charge in [0.05, 0.1) is 10.5 Å². The maximum Gasteiger partial charge on any atom is 0.0510 e. The van der Waals surface area contributed by atoms with Gasteiger partial charge in [-0.3, -0.25) is 0 Å². The number of hydrogen-bond donors (Lipinski definition) is 1. The van der Waals surface area contributed by atoms with Crippen LogP contribution in [0.1, 0.15) is 122 Å². The smallest absolute Gasteiger partial charge is 0.0510 e. The van der Waals surface area contributed by atoms with Crippen LogP contribution in [0.15, 0.2) is 225 Å². The van der Waals surface area contributed by atoms with Gasteiger partial charge in [0.2, 0.25) is 0 Å². The van der Waals surface area contributed by atoms with E-state index in [1.807, 2.05) is 31.4 Å². The summed E-state index contributed by atoms with van der Waals surface area (Å²) in [6, 6.07) is 63.9. The third-order valence-electron chi connectivity index (χ3n) is 21.9. The predicted molar refractivity (Wildman–Crippen MR) is 488 cm³/mol. The van der Waals surface area contributed by atoms with Crippen LogP contribution in [0.4, 0.5) is 0 Å². The zero-order chi connectivity index (χ0) is 80.8. The van der Waals surface area contributed by atoms with Crippen molar-refractivity contribution < 1.29 is 0 Å². The molecule has 1 N–H and O–H groups in total. The third-order valence-corrected chi connectivity index (χ3v) is 22.3. The molecule has 9 aromatic carbocycles. The molecule has 0 amide bonds. The number of aromatic nitrogens is 9. The molecule has 0 aliphatic rings. The van der Waals surface area contributed by atoms with Gasteiger partial charge in [-0.15, -0.1) is 0 Å². The lowest BCUT2D eigenvalue weighted by Gasteiger charge is -1.99. The van der Waals surface area contributed by atoms with Crippen LogP contribution in [0, 0.1) is 111 Å². The highest BCUT2D eigenvalue weighted by atomic mass is 35.5. The molecule has 9 heterocycles. The molecule has 0 bridgehead atoms. The third kappa shape index (κ3) is 19.7. The number of rotatable bonds is 2. The lowest BCUT2D eigenvalue weighted by molar-refractivity contribution is 0.772. The molecule has 0 saturated carbocycles. The summed E-state index contributed by atoms with van der Waals surface area (Å²) in [7, 11) is 16.7. The highest BCUT2D eigenvalue weighted by Gasteiger charge is 2.11. The Morgan fingerprint density at radius 1 is 0.279 bits per heavy atom. The fourth-order valence-electron chi connectivity index (χ4n) is 15.5. The zero-order valence-electron chi connectivity index (χ0n) is 71.4. The molecule has 9 nitrogen and oxygen atoms in total. The molecule has 9 aromatic heterocycles. The number of nitrogens with one attached hydrogen (secondary N) is 1. The molecule has 0 aliphatic carbocycles. The maximum absolute atomic E-state index is 6.06. The number of para-hydroxylation sites is 4. The van der Waals surface area contributed by atoms with Crippen molar-refractivity contribution in [3.63, 3.8) is 0 Å². The van der Waals surface area contributed by atoms with E-state index in [2.05, 4.69) is 416 Å². The number of halogens is 1. The van der Waals surface area contributed by atoms with Gasteiger partial charge in [0, 0.05) is 204 Å². The lowest BCUT2D eigenvalue weighted by Crippen LogP contribution is -1.89. The summed E-state index contributed by atoms with van der Waals surface area (Å²) in [4.78, 5) is 3.19. The number of nitrogens with zero attached hydrogens (tertiary/aromatic N) is 8. The molecular weight excluding hydrogens is 1370 g/mol. The van der Waals surface area contributed by atoms with Crippen molar-refractivity contribution in [1.29, 1.82) is 0 Å². The average Bonchev–Trinajstić information content (AvgIpc) is 1.64. The van der Waals surface area contributed by atoms with Crippen molar-refractivity contribution in [2.75, 3.05) is 0 Å². The van der Waals surface area contributed by atoms with Gasteiger partial charge >= 0.3 is 0 Å². The Hall–Kier alpha value is -10.9. The fourth-order valence-corrected chi connectivity index (χ4v) is 15.8. The van der Waals surface area contributed by atoms with E-state index < -0.39 is 0 Å². The summed E-state index contributed by atoms with van der Waals surface area (Å²) in [5, 5.41) is 13.0. The van der Waals surface area contributed by atoms with Crippen molar-refractivity contribution in [2.24, 2.45) is 56.4 Å². The molecule has 111 heavy (non-hydrogen) atoms. The SMILES string of the molecule is CCCCC.Cc1c(C)n(C)c2ccccc12.Cc1c[nH]c2ccccc12.Cc1ccc2c(C)cn(C)c2c1.Cc1ccc2c(c1)c(C)c(C)n2C.Cc1ccc2c(c1)c(C)cn2C.Cc1cccc2c1c(C)cn2C.Cc1cn(C)c2c(C)cccc12.Cc1cn(C)c2cccc(Cl)c12.Cc1cn(C)c2ccccc12. The van der Waals surface area contributed by atoms with Crippen LogP contribution in [-0.4, -0.2) is 41.5 Å². The minimum atomic E-state index is 0.839. The van der Waals surface area contributed by atoms with Crippen LogP contribution >= 0.6 is 11.6 Å². The summed E-state index contributed by atoms with van der Waals surface area (Å²) in [6.07, 6.45) is 19.1. The summed E-state index contributed by atoms with van der Waals surface area (Å²) >= 11 is 6.06. The molecule has 0 fully saturated rings. The van der Waals surface area contributed by atoms with Crippen LogP contribution in [-0.2, 0) is 56.4 Å². The fraction of sp³-hybridized carbons (Fsp3) is 0.287. The molecule has 578 valence electrons. The standard InChI is InChI=1S/C12H15N.5C11H13N.C10H10ClN.C10H11N.C9H9N.C5H12/c1-8-5-6-12-11(7-8)9(2)10(3)13(12)4;1-8-4-5-11-10(6-8)9(2)7-12(11)3;1-8-4-5-10-9(2)7-12(3)11(10)6-8;1-8-5-4-6-10-11(8)9(2)7-12(10)3;1-8-5-4-6-10-9(2)7-12(3)11(8)10;1-8-9(2)12(3)11-7-5-4-6-10(8)11;1-7-6-12(2)9-5-3-4-8(11)10(7)9;1-8-7-11(2)10-6-4-3-5-9(8)10;1-7-6-10-9-5-3-2-4-8(7)9;1-3-5-4-2/h5-7H,1-4H3;5*4-7H,1-3H3;3-6H,1-2H3;3-7H,1-2H3;2-6,10H,1H3;3-5H2,1-2H3. The summed E-state index contributed by atoms with van der Waals surface area (Å²) in [5.41, 5.74) is 33.3. The van der Waals surface area contributed by atoms with Crippen LogP contribution in [0.3, 0.4) is 0 Å². The topological polar surface area (TPSA) is 55.2 Å². The van der Waals surface area contributed by atoms with E-state index in [0.717, 1.165) is 5.02 Å². The minimum Gasteiger partial charge on any atom is -0.361 e. The number of fused-ring (bicyclic) bond motifs is 9. The van der Waals surface area contributed by atoms with E-state index >= 15 is 0 Å². The first-order valence-electron chi connectivity index (χ1n) is 39.2. The Balaban J connectivity index is 0.000000142. The predicted octanol–water partition coefficient (Wildman–Crippen LogP) is 27.4. The second kappa shape index (κ2) is 37.7. The Kier molecular flexibility index (Phi) is 28.6. The molecular formula is C101H122ClN9. The summed E-state index contributed by atoms with van der Waals surface area (Å²) in [5.74, 6) is 0. The van der Waals surface area contributed by atoms with Gasteiger partial charge < -0.3 is 41.5 Å². The largest absolute Gasteiger partial charge is 0.361 e. The molecule has 0 atom stereocenters. The molecule has 0 saturated heterocycles. The Labute approximate surface area is 667 Å². The second-order valence-corrected chi connectivity index (χ2v) is 31.0. The van der Waals surface area contributed by atoms with Gasteiger partial charge in [-0.2, -0.15) is 0 Å². The highest BCUT2D eigenvalue weighted by molar-refractivity contribution is 6.35. The Morgan fingerprint density at radius 3 is 1.22 bits per heavy atom. The first-order chi connectivity index (χ1) is 52.9. The highest BCUT2D eigenvalue weighted by Crippen LogP contribution is 2.31.